The molecule has 0 aliphatic rings. The molecule has 0 unspecified atom stereocenters. The number of rotatable bonds is 5. The fourth-order valence-electron chi connectivity index (χ4n) is 1.82. The molecule has 2 aromatic rings. The van der Waals surface area contributed by atoms with Gasteiger partial charge in [-0.05, 0) is 41.5 Å². The molecule has 0 aliphatic carbocycles. The molecule has 0 bridgehead atoms. The first-order valence-electron chi connectivity index (χ1n) is 6.11. The molecule has 3 N–H and O–H groups in total. The minimum atomic E-state index is -3.53. The van der Waals surface area contributed by atoms with Crippen LogP contribution in [0.3, 0.4) is 0 Å². The van der Waals surface area contributed by atoms with Crippen molar-refractivity contribution in [2.45, 2.75) is 12.3 Å². The van der Waals surface area contributed by atoms with E-state index in [0.717, 1.165) is 0 Å². The lowest BCUT2D eigenvalue weighted by Crippen LogP contribution is -2.25. The van der Waals surface area contributed by atoms with Gasteiger partial charge in [0, 0.05) is 16.7 Å². The lowest BCUT2D eigenvalue weighted by molar-refractivity contribution is 0.579. The summed E-state index contributed by atoms with van der Waals surface area (Å²) in [5.74, 6) is -0.589. The predicted octanol–water partition coefficient (Wildman–Crippen LogP) is 2.79. The standard InChI is InChI=1S/C14H14BrFN2O2S/c15-14-5-4-12(16)7-11(14)8-18-21(19,20)9-10-2-1-3-13(17)6-10/h1-7,18H,8-9,17H2. The number of hydrogen-bond acceptors (Lipinski definition) is 3. The summed E-state index contributed by atoms with van der Waals surface area (Å²) in [6, 6.07) is 10.8. The van der Waals surface area contributed by atoms with E-state index in [1.165, 1.54) is 18.2 Å². The largest absolute Gasteiger partial charge is 0.399 e. The van der Waals surface area contributed by atoms with E-state index in [4.69, 9.17) is 5.73 Å². The van der Waals surface area contributed by atoms with Crippen molar-refractivity contribution < 1.29 is 12.8 Å². The average Bonchev–Trinajstić information content (AvgIpc) is 2.39. The van der Waals surface area contributed by atoms with Gasteiger partial charge in [0.05, 0.1) is 5.75 Å². The van der Waals surface area contributed by atoms with Gasteiger partial charge < -0.3 is 5.73 Å². The second-order valence-corrected chi connectivity index (χ2v) is 7.22. The van der Waals surface area contributed by atoms with Gasteiger partial charge in [-0.15, -0.1) is 0 Å². The van der Waals surface area contributed by atoms with E-state index >= 15 is 0 Å². The molecule has 0 spiro atoms. The molecule has 112 valence electrons. The molecule has 7 heteroatoms. The van der Waals surface area contributed by atoms with Crippen LogP contribution >= 0.6 is 15.9 Å². The smallest absolute Gasteiger partial charge is 0.216 e. The maximum atomic E-state index is 13.1. The van der Waals surface area contributed by atoms with Crippen LogP contribution in [0.5, 0.6) is 0 Å². The molecule has 0 aromatic heterocycles. The molecular weight excluding hydrogens is 359 g/mol. The van der Waals surface area contributed by atoms with E-state index in [-0.39, 0.29) is 12.3 Å². The number of anilines is 1. The van der Waals surface area contributed by atoms with E-state index in [1.807, 2.05) is 0 Å². The number of nitrogen functional groups attached to an aromatic ring is 1. The second-order valence-electron chi connectivity index (χ2n) is 4.56. The van der Waals surface area contributed by atoms with E-state index in [1.54, 1.807) is 24.3 Å². The molecule has 0 atom stereocenters. The van der Waals surface area contributed by atoms with E-state index in [2.05, 4.69) is 20.7 Å². The third kappa shape index (κ3) is 4.80. The van der Waals surface area contributed by atoms with Crippen LogP contribution < -0.4 is 10.5 Å². The Labute approximate surface area is 131 Å². The summed E-state index contributed by atoms with van der Waals surface area (Å²) >= 11 is 3.26. The minimum absolute atomic E-state index is 0.0169. The van der Waals surface area contributed by atoms with Gasteiger partial charge in [0.2, 0.25) is 10.0 Å². The molecular formula is C14H14BrFN2O2S. The number of halogens is 2. The van der Waals surface area contributed by atoms with Gasteiger partial charge >= 0.3 is 0 Å². The minimum Gasteiger partial charge on any atom is -0.399 e. The molecule has 2 aromatic carbocycles. The monoisotopic (exact) mass is 372 g/mol. The number of nitrogens with one attached hydrogen (secondary N) is 1. The highest BCUT2D eigenvalue weighted by atomic mass is 79.9. The Morgan fingerprint density at radius 1 is 1.19 bits per heavy atom. The lowest BCUT2D eigenvalue weighted by Gasteiger charge is -2.09. The van der Waals surface area contributed by atoms with Crippen molar-refractivity contribution in [2.75, 3.05) is 5.73 Å². The highest BCUT2D eigenvalue weighted by molar-refractivity contribution is 9.10. The number of sulfonamides is 1. The Balaban J connectivity index is 2.06. The maximum Gasteiger partial charge on any atom is 0.216 e. The number of benzene rings is 2. The normalized spacial score (nSPS) is 11.5. The van der Waals surface area contributed by atoms with Crippen molar-refractivity contribution in [2.24, 2.45) is 0 Å². The molecule has 0 saturated heterocycles. The van der Waals surface area contributed by atoms with Crippen molar-refractivity contribution in [1.82, 2.24) is 4.72 Å². The van der Waals surface area contributed by atoms with Gasteiger partial charge in [-0.1, -0.05) is 28.1 Å². The van der Waals surface area contributed by atoms with Crippen molar-refractivity contribution in [1.29, 1.82) is 0 Å². The first-order chi connectivity index (χ1) is 9.85. The summed E-state index contributed by atoms with van der Waals surface area (Å²) in [5.41, 5.74) is 7.26. The van der Waals surface area contributed by atoms with Crippen LogP contribution in [0.2, 0.25) is 0 Å². The Hall–Kier alpha value is -1.44. The highest BCUT2D eigenvalue weighted by Gasteiger charge is 2.12. The molecule has 0 aliphatic heterocycles. The Morgan fingerprint density at radius 3 is 2.67 bits per heavy atom. The fourth-order valence-corrected chi connectivity index (χ4v) is 3.30. The van der Waals surface area contributed by atoms with Gasteiger partial charge in [-0.25, -0.2) is 17.5 Å². The van der Waals surface area contributed by atoms with Crippen LogP contribution in [0.15, 0.2) is 46.9 Å². The molecule has 0 radical (unpaired) electrons. The van der Waals surface area contributed by atoms with Crippen molar-refractivity contribution in [3.8, 4) is 0 Å². The maximum absolute atomic E-state index is 13.1. The molecule has 2 rings (SSSR count). The van der Waals surface area contributed by atoms with Crippen LogP contribution in [0.4, 0.5) is 10.1 Å². The summed E-state index contributed by atoms with van der Waals surface area (Å²) in [7, 11) is -3.53. The zero-order valence-corrected chi connectivity index (χ0v) is 13.4. The molecule has 0 amide bonds. The van der Waals surface area contributed by atoms with E-state index in [9.17, 15) is 12.8 Å². The van der Waals surface area contributed by atoms with E-state index in [0.29, 0.717) is 21.3 Å². The van der Waals surface area contributed by atoms with Gasteiger partial charge in [0.25, 0.3) is 0 Å². The zero-order chi connectivity index (χ0) is 15.5. The molecule has 4 nitrogen and oxygen atoms in total. The van der Waals surface area contributed by atoms with Gasteiger partial charge in [-0.3, -0.25) is 0 Å². The van der Waals surface area contributed by atoms with Gasteiger partial charge in [0.1, 0.15) is 5.82 Å². The zero-order valence-electron chi connectivity index (χ0n) is 11.0. The third-order valence-corrected chi connectivity index (χ3v) is 4.87. The first kappa shape index (κ1) is 15.9. The Morgan fingerprint density at radius 2 is 1.95 bits per heavy atom. The van der Waals surface area contributed by atoms with Crippen LogP contribution in [0, 0.1) is 5.82 Å². The predicted molar refractivity (Wildman–Crippen MR) is 84.4 cm³/mol. The Bertz CT molecular complexity index is 750. The molecule has 0 saturated carbocycles. The van der Waals surface area contributed by atoms with Crippen molar-refractivity contribution in [3.63, 3.8) is 0 Å². The summed E-state index contributed by atoms with van der Waals surface area (Å²) in [4.78, 5) is 0. The summed E-state index contributed by atoms with van der Waals surface area (Å²) in [6.45, 7) is 0.0169. The van der Waals surface area contributed by atoms with E-state index < -0.39 is 15.8 Å². The van der Waals surface area contributed by atoms with Crippen molar-refractivity contribution >= 4 is 31.6 Å². The SMILES string of the molecule is Nc1cccc(CS(=O)(=O)NCc2cc(F)ccc2Br)c1. The lowest BCUT2D eigenvalue weighted by atomic mass is 10.2. The topological polar surface area (TPSA) is 72.2 Å². The highest BCUT2D eigenvalue weighted by Crippen LogP contribution is 2.18. The van der Waals surface area contributed by atoms with Crippen LogP contribution in [0.25, 0.3) is 0 Å². The second kappa shape index (κ2) is 6.55. The quantitative estimate of drug-likeness (QED) is 0.792. The molecule has 0 fully saturated rings. The average molecular weight is 373 g/mol. The first-order valence-corrected chi connectivity index (χ1v) is 8.56. The fraction of sp³-hybridized carbons (Fsp3) is 0.143. The summed E-state index contributed by atoms with van der Waals surface area (Å²) in [5, 5.41) is 0. The van der Waals surface area contributed by atoms with Crippen LogP contribution in [0.1, 0.15) is 11.1 Å². The number of hydrogen-bond donors (Lipinski definition) is 2. The molecule has 21 heavy (non-hydrogen) atoms. The summed E-state index contributed by atoms with van der Waals surface area (Å²) in [6.07, 6.45) is 0. The summed E-state index contributed by atoms with van der Waals surface area (Å²) < 4.78 is 40.3. The number of nitrogens with two attached hydrogens (primary N) is 1. The van der Waals surface area contributed by atoms with Crippen LogP contribution in [-0.4, -0.2) is 8.42 Å². The van der Waals surface area contributed by atoms with Gasteiger partial charge in [0.15, 0.2) is 0 Å². The molecule has 0 heterocycles. The van der Waals surface area contributed by atoms with Crippen LogP contribution in [-0.2, 0) is 22.3 Å². The third-order valence-electron chi connectivity index (χ3n) is 2.80. The van der Waals surface area contributed by atoms with Crippen molar-refractivity contribution in [3.05, 3.63) is 63.9 Å². The Kier molecular flexibility index (Phi) is 4.97. The van der Waals surface area contributed by atoms with Gasteiger partial charge in [-0.2, -0.15) is 0 Å².